The van der Waals surface area contributed by atoms with Crippen LogP contribution in [0, 0.1) is 0 Å². The second-order valence-electron chi connectivity index (χ2n) is 3.81. The van der Waals surface area contributed by atoms with Crippen LogP contribution in [0.3, 0.4) is 0 Å². The molecule has 0 spiro atoms. The summed E-state index contributed by atoms with van der Waals surface area (Å²) in [5, 5.41) is 4.91. The third-order valence-corrected chi connectivity index (χ3v) is 2.66. The van der Waals surface area contributed by atoms with Gasteiger partial charge in [0.25, 0.3) is 0 Å². The third-order valence-electron chi connectivity index (χ3n) is 2.21. The second kappa shape index (κ2) is 6.98. The van der Waals surface area contributed by atoms with E-state index in [2.05, 4.69) is 15.5 Å². The largest absolute Gasteiger partial charge is 0.486 e. The summed E-state index contributed by atoms with van der Waals surface area (Å²) in [5.74, 6) is 1.39. The van der Waals surface area contributed by atoms with Crippen molar-refractivity contribution >= 4 is 34.9 Å². The van der Waals surface area contributed by atoms with Crippen molar-refractivity contribution < 1.29 is 4.74 Å². The maximum absolute atomic E-state index is 5.84. The first-order chi connectivity index (χ1) is 9.63. The summed E-state index contributed by atoms with van der Waals surface area (Å²) in [4.78, 5) is 4.01. The van der Waals surface area contributed by atoms with Crippen LogP contribution in [0.4, 0.5) is 5.82 Å². The lowest BCUT2D eigenvalue weighted by Crippen LogP contribution is -2.22. The van der Waals surface area contributed by atoms with Crippen LogP contribution in [0.1, 0.15) is 0 Å². The molecular weight excluding hydrogens is 299 g/mol. The van der Waals surface area contributed by atoms with Crippen molar-refractivity contribution in [1.29, 1.82) is 0 Å². The van der Waals surface area contributed by atoms with E-state index in [0.717, 1.165) is 0 Å². The Hall–Kier alpha value is -1.98. The highest BCUT2D eigenvalue weighted by Gasteiger charge is 1.98. The maximum atomic E-state index is 5.84. The van der Waals surface area contributed by atoms with Crippen molar-refractivity contribution in [1.82, 2.24) is 4.98 Å². The van der Waals surface area contributed by atoms with Crippen LogP contribution in [0.15, 0.2) is 47.6 Å². The molecule has 3 N–H and O–H groups in total. The smallest absolute Gasteiger partial charge is 0.158 e. The van der Waals surface area contributed by atoms with Gasteiger partial charge in [0, 0.05) is 5.02 Å². The summed E-state index contributed by atoms with van der Waals surface area (Å²) >= 11 is 11.6. The van der Waals surface area contributed by atoms with E-state index in [1.807, 2.05) is 0 Å². The minimum atomic E-state index is 0.133. The van der Waals surface area contributed by atoms with Gasteiger partial charge in [-0.3, -0.25) is 5.43 Å². The number of rotatable bonds is 5. The summed E-state index contributed by atoms with van der Waals surface area (Å²) < 4.78 is 5.43. The first kappa shape index (κ1) is 14.4. The Kier molecular flexibility index (Phi) is 5.03. The number of ether oxygens (including phenoxy) is 1. The van der Waals surface area contributed by atoms with Crippen molar-refractivity contribution in [2.24, 2.45) is 10.8 Å². The molecule has 0 bridgehead atoms. The molecule has 0 fully saturated rings. The molecule has 20 heavy (non-hydrogen) atoms. The van der Waals surface area contributed by atoms with Gasteiger partial charge >= 0.3 is 0 Å². The van der Waals surface area contributed by atoms with Crippen molar-refractivity contribution in [3.63, 3.8) is 0 Å². The highest BCUT2D eigenvalue weighted by Crippen LogP contribution is 2.16. The van der Waals surface area contributed by atoms with Crippen LogP contribution < -0.4 is 15.9 Å². The minimum Gasteiger partial charge on any atom is -0.486 e. The number of hydrazone groups is 1. The third kappa shape index (κ3) is 4.60. The summed E-state index contributed by atoms with van der Waals surface area (Å²) in [6.45, 7) is 0.133. The molecule has 0 saturated heterocycles. The Labute approximate surface area is 126 Å². The predicted octanol–water partition coefficient (Wildman–Crippen LogP) is 3.15. The van der Waals surface area contributed by atoms with Crippen molar-refractivity contribution in [3.8, 4) is 5.75 Å². The number of benzene rings is 1. The fourth-order valence-corrected chi connectivity index (χ4v) is 1.69. The van der Waals surface area contributed by atoms with Gasteiger partial charge in [0.05, 0.1) is 0 Å². The number of hydrogen-bond donors (Lipinski definition) is 2. The number of pyridine rings is 1. The summed E-state index contributed by atoms with van der Waals surface area (Å²) in [6, 6.07) is 12.2. The summed E-state index contributed by atoms with van der Waals surface area (Å²) in [6.07, 6.45) is 0. The molecule has 1 heterocycles. The molecular formula is C13H12Cl2N4O. The van der Waals surface area contributed by atoms with Gasteiger partial charge in [0.2, 0.25) is 0 Å². The first-order valence-corrected chi connectivity index (χ1v) is 6.48. The topological polar surface area (TPSA) is 72.5 Å². The quantitative estimate of drug-likeness (QED) is 0.385. The van der Waals surface area contributed by atoms with Crippen molar-refractivity contribution in [2.45, 2.75) is 0 Å². The number of nitrogens with zero attached hydrogens (tertiary/aromatic N) is 2. The molecule has 0 atom stereocenters. The van der Waals surface area contributed by atoms with Crippen LogP contribution in [-0.2, 0) is 0 Å². The molecule has 1 aromatic heterocycles. The Bertz CT molecular complexity index is 619. The van der Waals surface area contributed by atoms with E-state index in [0.29, 0.717) is 21.7 Å². The molecule has 0 amide bonds. The highest BCUT2D eigenvalue weighted by atomic mass is 35.5. The molecule has 0 aliphatic rings. The zero-order valence-electron chi connectivity index (χ0n) is 10.4. The van der Waals surface area contributed by atoms with E-state index in [9.17, 15) is 0 Å². The SMILES string of the molecule is N/C(COc1cccc(Cl)c1)=N/Nc1cccc(Cl)n1. The molecule has 2 rings (SSSR count). The van der Waals surface area contributed by atoms with Crippen molar-refractivity contribution in [3.05, 3.63) is 52.6 Å². The number of anilines is 1. The number of nitrogens with one attached hydrogen (secondary N) is 1. The first-order valence-electron chi connectivity index (χ1n) is 5.72. The van der Waals surface area contributed by atoms with E-state index in [-0.39, 0.29) is 12.4 Å². The monoisotopic (exact) mass is 310 g/mol. The molecule has 7 heteroatoms. The zero-order valence-corrected chi connectivity index (χ0v) is 11.9. The van der Waals surface area contributed by atoms with Gasteiger partial charge in [-0.25, -0.2) is 4.98 Å². The van der Waals surface area contributed by atoms with Gasteiger partial charge < -0.3 is 10.5 Å². The maximum Gasteiger partial charge on any atom is 0.158 e. The van der Waals surface area contributed by atoms with Gasteiger partial charge in [-0.2, -0.15) is 5.10 Å². The van der Waals surface area contributed by atoms with E-state index in [1.54, 1.807) is 42.5 Å². The molecule has 104 valence electrons. The molecule has 5 nitrogen and oxygen atoms in total. The number of nitrogens with two attached hydrogens (primary N) is 1. The molecule has 1 aromatic carbocycles. The van der Waals surface area contributed by atoms with Crippen LogP contribution >= 0.6 is 23.2 Å². The molecule has 2 aromatic rings. The Balaban J connectivity index is 1.88. The van der Waals surface area contributed by atoms with Crippen LogP contribution in [0.2, 0.25) is 10.2 Å². The predicted molar refractivity (Wildman–Crippen MR) is 81.4 cm³/mol. The van der Waals surface area contributed by atoms with Crippen LogP contribution in [-0.4, -0.2) is 17.4 Å². The van der Waals surface area contributed by atoms with E-state index in [4.69, 9.17) is 33.7 Å². The van der Waals surface area contributed by atoms with Gasteiger partial charge in [-0.1, -0.05) is 35.3 Å². The number of amidine groups is 1. The Morgan fingerprint density at radius 1 is 1.25 bits per heavy atom. The summed E-state index contributed by atoms with van der Waals surface area (Å²) in [5.41, 5.74) is 8.41. The lowest BCUT2D eigenvalue weighted by atomic mass is 10.3. The fourth-order valence-electron chi connectivity index (χ4n) is 1.35. The van der Waals surface area contributed by atoms with Crippen LogP contribution in [0.25, 0.3) is 0 Å². The lowest BCUT2D eigenvalue weighted by Gasteiger charge is -2.06. The van der Waals surface area contributed by atoms with Gasteiger partial charge in [0.1, 0.15) is 23.3 Å². The normalized spacial score (nSPS) is 11.2. The zero-order chi connectivity index (χ0) is 14.4. The Morgan fingerprint density at radius 3 is 2.80 bits per heavy atom. The average molecular weight is 311 g/mol. The average Bonchev–Trinajstić information content (AvgIpc) is 2.43. The van der Waals surface area contributed by atoms with Gasteiger partial charge in [-0.05, 0) is 30.3 Å². The van der Waals surface area contributed by atoms with Gasteiger partial charge in [-0.15, -0.1) is 0 Å². The molecule has 0 unspecified atom stereocenters. The molecule has 0 aliphatic carbocycles. The number of aromatic nitrogens is 1. The standard InChI is InChI=1S/C13H12Cl2N4O/c14-9-3-1-4-10(7-9)20-8-12(16)18-19-13-6-2-5-11(15)17-13/h1-7H,8H2,(H2,16,18)(H,17,19). The van der Waals surface area contributed by atoms with E-state index < -0.39 is 0 Å². The van der Waals surface area contributed by atoms with E-state index >= 15 is 0 Å². The molecule has 0 aliphatic heterocycles. The van der Waals surface area contributed by atoms with Gasteiger partial charge in [0.15, 0.2) is 5.84 Å². The van der Waals surface area contributed by atoms with Crippen molar-refractivity contribution in [2.75, 3.05) is 12.0 Å². The van der Waals surface area contributed by atoms with Crippen LogP contribution in [0.5, 0.6) is 5.75 Å². The highest BCUT2D eigenvalue weighted by molar-refractivity contribution is 6.30. The fraction of sp³-hybridized carbons (Fsp3) is 0.0769. The lowest BCUT2D eigenvalue weighted by molar-refractivity contribution is 0.375. The number of hydrogen-bond acceptors (Lipinski definition) is 4. The summed E-state index contributed by atoms with van der Waals surface area (Å²) in [7, 11) is 0. The molecule has 0 saturated carbocycles. The minimum absolute atomic E-state index is 0.133. The molecule has 0 radical (unpaired) electrons. The number of halogens is 2. The van der Waals surface area contributed by atoms with E-state index in [1.165, 1.54) is 0 Å². The Morgan fingerprint density at radius 2 is 2.05 bits per heavy atom. The second-order valence-corrected chi connectivity index (χ2v) is 4.63.